The molecule has 2 nitrogen and oxygen atoms in total. The Morgan fingerprint density at radius 2 is 1.67 bits per heavy atom. The maximum atomic E-state index is 5.81. The zero-order chi connectivity index (χ0) is 8.13. The Kier molecular flexibility index (Phi) is 1.03. The van der Waals surface area contributed by atoms with Crippen molar-refractivity contribution in [1.29, 1.82) is 0 Å². The van der Waals surface area contributed by atoms with Gasteiger partial charge in [0.05, 0.1) is 0 Å². The van der Waals surface area contributed by atoms with Gasteiger partial charge in [-0.05, 0) is 36.1 Å². The molecule has 0 saturated heterocycles. The van der Waals surface area contributed by atoms with E-state index in [0.717, 1.165) is 5.69 Å². The maximum Gasteiger partial charge on any atom is 0.0434 e. The van der Waals surface area contributed by atoms with E-state index in [1.54, 1.807) is 0 Å². The largest absolute Gasteiger partial charge is 0.399 e. The summed E-state index contributed by atoms with van der Waals surface area (Å²) in [6, 6.07) is 4.26. The molecule has 0 amide bonds. The Bertz CT molecular complexity index is 315. The van der Waals surface area contributed by atoms with Crippen LogP contribution in [0.15, 0.2) is 12.1 Å². The van der Waals surface area contributed by atoms with Crippen molar-refractivity contribution in [2.75, 3.05) is 23.7 Å². The lowest BCUT2D eigenvalue weighted by Crippen LogP contribution is -2.17. The molecule has 2 heterocycles. The van der Waals surface area contributed by atoms with Crippen LogP contribution in [-0.4, -0.2) is 13.1 Å². The van der Waals surface area contributed by atoms with E-state index in [0.29, 0.717) is 0 Å². The second-order valence-electron chi connectivity index (χ2n) is 3.67. The first-order valence-electron chi connectivity index (χ1n) is 4.51. The van der Waals surface area contributed by atoms with E-state index in [9.17, 15) is 0 Å². The van der Waals surface area contributed by atoms with E-state index in [1.165, 1.54) is 42.7 Å². The molecule has 2 heteroatoms. The third-order valence-electron chi connectivity index (χ3n) is 2.91. The molecule has 0 aromatic heterocycles. The Morgan fingerprint density at radius 3 is 2.25 bits per heavy atom. The molecule has 0 atom stereocenters. The highest BCUT2D eigenvalue weighted by Gasteiger charge is 2.27. The predicted molar refractivity (Wildman–Crippen MR) is 50.5 cm³/mol. The van der Waals surface area contributed by atoms with Crippen molar-refractivity contribution in [2.24, 2.45) is 0 Å². The summed E-state index contributed by atoms with van der Waals surface area (Å²) in [5.74, 6) is 0. The zero-order valence-electron chi connectivity index (χ0n) is 7.01. The van der Waals surface area contributed by atoms with Crippen molar-refractivity contribution >= 4 is 11.4 Å². The average molecular weight is 160 g/mol. The van der Waals surface area contributed by atoms with Crippen molar-refractivity contribution in [1.82, 2.24) is 0 Å². The first-order chi connectivity index (χ1) is 5.84. The Hall–Kier alpha value is -1.18. The summed E-state index contributed by atoms with van der Waals surface area (Å²) in [6.45, 7) is 2.40. The first-order valence-corrected chi connectivity index (χ1v) is 4.51. The maximum absolute atomic E-state index is 5.81. The van der Waals surface area contributed by atoms with Gasteiger partial charge < -0.3 is 10.6 Å². The number of rotatable bonds is 0. The molecule has 12 heavy (non-hydrogen) atoms. The lowest BCUT2D eigenvalue weighted by molar-refractivity contribution is 0.855. The molecule has 3 rings (SSSR count). The predicted octanol–water partition coefficient (Wildman–Crippen LogP) is 1.19. The van der Waals surface area contributed by atoms with Crippen LogP contribution in [0.25, 0.3) is 0 Å². The minimum atomic E-state index is 0.938. The van der Waals surface area contributed by atoms with E-state index in [2.05, 4.69) is 17.0 Å². The van der Waals surface area contributed by atoms with Crippen molar-refractivity contribution in [2.45, 2.75) is 12.8 Å². The van der Waals surface area contributed by atoms with E-state index >= 15 is 0 Å². The molecule has 0 unspecified atom stereocenters. The average Bonchev–Trinajstić information content (AvgIpc) is 2.59. The SMILES string of the molecule is Nc1cc2c3c(c1)CCN3CC2. The summed E-state index contributed by atoms with van der Waals surface area (Å²) in [4.78, 5) is 2.48. The fourth-order valence-electron chi connectivity index (χ4n) is 2.42. The smallest absolute Gasteiger partial charge is 0.0434 e. The molecule has 2 aliphatic heterocycles. The standard InChI is InChI=1S/C10H12N2/c11-9-5-7-1-3-12-4-2-8(6-9)10(7)12/h5-6H,1-4,11H2. The fourth-order valence-corrected chi connectivity index (χ4v) is 2.42. The van der Waals surface area contributed by atoms with Crippen LogP contribution in [0.5, 0.6) is 0 Å². The zero-order valence-corrected chi connectivity index (χ0v) is 7.01. The fraction of sp³-hybridized carbons (Fsp3) is 0.400. The van der Waals surface area contributed by atoms with Gasteiger partial charge in [-0.2, -0.15) is 0 Å². The van der Waals surface area contributed by atoms with Gasteiger partial charge in [-0.25, -0.2) is 0 Å². The Labute approximate surface area is 72.0 Å². The van der Waals surface area contributed by atoms with Crippen molar-refractivity contribution < 1.29 is 0 Å². The van der Waals surface area contributed by atoms with Gasteiger partial charge in [0.2, 0.25) is 0 Å². The quantitative estimate of drug-likeness (QED) is 0.577. The number of nitrogens with zero attached hydrogens (tertiary/aromatic N) is 1. The first kappa shape index (κ1) is 6.35. The molecule has 1 aromatic carbocycles. The van der Waals surface area contributed by atoms with Crippen LogP contribution < -0.4 is 10.6 Å². The summed E-state index contributed by atoms with van der Waals surface area (Å²) in [7, 11) is 0. The van der Waals surface area contributed by atoms with Crippen molar-refractivity contribution in [3.8, 4) is 0 Å². The molecule has 1 aromatic rings. The molecule has 62 valence electrons. The van der Waals surface area contributed by atoms with Gasteiger partial charge in [-0.1, -0.05) is 0 Å². The van der Waals surface area contributed by atoms with Gasteiger partial charge in [-0.15, -0.1) is 0 Å². The number of hydrogen-bond donors (Lipinski definition) is 1. The van der Waals surface area contributed by atoms with Gasteiger partial charge in [0.25, 0.3) is 0 Å². The molecular formula is C10H12N2. The second-order valence-corrected chi connectivity index (χ2v) is 3.67. The van der Waals surface area contributed by atoms with Crippen LogP contribution in [0.2, 0.25) is 0 Å². The highest BCUT2D eigenvalue weighted by atomic mass is 15.2. The topological polar surface area (TPSA) is 29.3 Å². The highest BCUT2D eigenvalue weighted by molar-refractivity contribution is 5.70. The summed E-state index contributed by atoms with van der Waals surface area (Å²) in [5, 5.41) is 0. The van der Waals surface area contributed by atoms with E-state index in [-0.39, 0.29) is 0 Å². The van der Waals surface area contributed by atoms with Crippen molar-refractivity contribution in [3.63, 3.8) is 0 Å². The van der Waals surface area contributed by atoms with Gasteiger partial charge in [-0.3, -0.25) is 0 Å². The minimum absolute atomic E-state index is 0.938. The number of benzene rings is 1. The van der Waals surface area contributed by atoms with Crippen LogP contribution in [0.1, 0.15) is 11.1 Å². The lowest BCUT2D eigenvalue weighted by atomic mass is 10.1. The molecule has 0 fully saturated rings. The molecule has 0 radical (unpaired) electrons. The number of nitrogen functional groups attached to an aromatic ring is 1. The van der Waals surface area contributed by atoms with Gasteiger partial charge in [0.1, 0.15) is 0 Å². The van der Waals surface area contributed by atoms with Crippen LogP contribution in [0.4, 0.5) is 11.4 Å². The summed E-state index contributed by atoms with van der Waals surface area (Å²) < 4.78 is 0. The van der Waals surface area contributed by atoms with Crippen LogP contribution in [0.3, 0.4) is 0 Å². The number of anilines is 2. The van der Waals surface area contributed by atoms with E-state index in [1.807, 2.05) is 0 Å². The molecule has 0 saturated carbocycles. The van der Waals surface area contributed by atoms with Crippen LogP contribution in [0, 0.1) is 0 Å². The lowest BCUT2D eigenvalue weighted by Gasteiger charge is -2.10. The summed E-state index contributed by atoms with van der Waals surface area (Å²) in [5.41, 5.74) is 11.2. The van der Waals surface area contributed by atoms with Crippen LogP contribution >= 0.6 is 0 Å². The minimum Gasteiger partial charge on any atom is -0.399 e. The Morgan fingerprint density at radius 1 is 1.08 bits per heavy atom. The third-order valence-corrected chi connectivity index (χ3v) is 2.91. The third kappa shape index (κ3) is 0.649. The molecular weight excluding hydrogens is 148 g/mol. The normalized spacial score (nSPS) is 18.5. The monoisotopic (exact) mass is 160 g/mol. The number of nitrogens with two attached hydrogens (primary N) is 1. The molecule has 2 aliphatic rings. The van der Waals surface area contributed by atoms with Gasteiger partial charge in [0.15, 0.2) is 0 Å². The highest BCUT2D eigenvalue weighted by Crippen LogP contribution is 2.38. The molecule has 0 spiro atoms. The Balaban J connectivity index is 2.29. The summed E-state index contributed by atoms with van der Waals surface area (Å²) >= 11 is 0. The molecule has 0 bridgehead atoms. The van der Waals surface area contributed by atoms with Crippen LogP contribution in [-0.2, 0) is 12.8 Å². The van der Waals surface area contributed by atoms with Gasteiger partial charge >= 0.3 is 0 Å². The van der Waals surface area contributed by atoms with E-state index in [4.69, 9.17) is 5.73 Å². The molecule has 0 aliphatic carbocycles. The molecule has 2 N–H and O–H groups in total. The summed E-state index contributed by atoms with van der Waals surface area (Å²) in [6.07, 6.45) is 2.38. The number of hydrogen-bond acceptors (Lipinski definition) is 2. The van der Waals surface area contributed by atoms with Crippen molar-refractivity contribution in [3.05, 3.63) is 23.3 Å². The van der Waals surface area contributed by atoms with E-state index < -0.39 is 0 Å². The van der Waals surface area contributed by atoms with Gasteiger partial charge in [0, 0.05) is 24.5 Å². The second kappa shape index (κ2) is 1.94.